The maximum Gasteiger partial charge on any atom is 0.237 e. The van der Waals surface area contributed by atoms with Crippen LogP contribution in [0.15, 0.2) is 36.4 Å². The molecule has 0 unspecified atom stereocenters. The summed E-state index contributed by atoms with van der Waals surface area (Å²) >= 11 is 1.78. The normalized spacial score (nSPS) is 17.2. The van der Waals surface area contributed by atoms with Crippen LogP contribution in [0.4, 0.5) is 0 Å². The number of para-hydroxylation sites is 1. The summed E-state index contributed by atoms with van der Waals surface area (Å²) in [5.41, 5.74) is 3.47. The van der Waals surface area contributed by atoms with Gasteiger partial charge in [0.25, 0.3) is 0 Å². The zero-order chi connectivity index (χ0) is 22.8. The van der Waals surface area contributed by atoms with Gasteiger partial charge in [-0.25, -0.2) is 4.98 Å². The largest absolute Gasteiger partial charge is 0.493 e. The van der Waals surface area contributed by atoms with Crippen molar-refractivity contribution < 1.29 is 14.3 Å². The van der Waals surface area contributed by atoms with Crippen molar-refractivity contribution in [2.75, 3.05) is 53.5 Å². The maximum absolute atomic E-state index is 13.0. The molecule has 0 saturated carbocycles. The lowest BCUT2D eigenvalue weighted by Crippen LogP contribution is -2.50. The van der Waals surface area contributed by atoms with E-state index in [1.54, 1.807) is 25.6 Å². The molecule has 0 spiro atoms. The molecule has 7 nitrogen and oxygen atoms in total. The van der Waals surface area contributed by atoms with Crippen LogP contribution in [-0.4, -0.2) is 79.1 Å². The zero-order valence-corrected chi connectivity index (χ0v) is 20.1. The number of hydrogen-bond donors (Lipinski definition) is 0. The van der Waals surface area contributed by atoms with Crippen LogP contribution < -0.4 is 9.47 Å². The van der Waals surface area contributed by atoms with Gasteiger partial charge in [-0.1, -0.05) is 12.1 Å². The van der Waals surface area contributed by atoms with Gasteiger partial charge in [0.1, 0.15) is 5.01 Å². The van der Waals surface area contributed by atoms with Gasteiger partial charge < -0.3 is 14.4 Å². The summed E-state index contributed by atoms with van der Waals surface area (Å²) in [5, 5.41) is 1.17. The van der Waals surface area contributed by atoms with Gasteiger partial charge in [0.2, 0.25) is 5.91 Å². The van der Waals surface area contributed by atoms with Crippen molar-refractivity contribution in [3.05, 3.63) is 52.5 Å². The van der Waals surface area contributed by atoms with E-state index in [9.17, 15) is 4.79 Å². The lowest BCUT2D eigenvalue weighted by Gasteiger charge is -2.36. The van der Waals surface area contributed by atoms with Gasteiger partial charge in [-0.05, 0) is 41.8 Å². The van der Waals surface area contributed by atoms with Crippen LogP contribution in [0.25, 0.3) is 10.2 Å². The van der Waals surface area contributed by atoms with Crippen molar-refractivity contribution in [3.8, 4) is 11.5 Å². The van der Waals surface area contributed by atoms with E-state index in [0.29, 0.717) is 13.1 Å². The number of nitrogens with zero attached hydrogens (tertiary/aromatic N) is 4. The summed E-state index contributed by atoms with van der Waals surface area (Å²) in [6.07, 6.45) is 0.845. The van der Waals surface area contributed by atoms with Crippen LogP contribution >= 0.6 is 11.3 Å². The molecule has 2 aromatic carbocycles. The molecule has 1 saturated heterocycles. The first-order chi connectivity index (χ1) is 16.1. The van der Waals surface area contributed by atoms with Crippen LogP contribution in [0.2, 0.25) is 0 Å². The topological polar surface area (TPSA) is 58.1 Å². The zero-order valence-electron chi connectivity index (χ0n) is 19.2. The minimum absolute atomic E-state index is 0.204. The number of amides is 1. The molecule has 8 heteroatoms. The summed E-state index contributed by atoms with van der Waals surface area (Å²) in [6.45, 7) is 6.49. The van der Waals surface area contributed by atoms with Gasteiger partial charge in [0, 0.05) is 39.3 Å². The van der Waals surface area contributed by atoms with Gasteiger partial charge in [-0.3, -0.25) is 14.6 Å². The molecule has 33 heavy (non-hydrogen) atoms. The van der Waals surface area contributed by atoms with Crippen LogP contribution in [-0.2, 0) is 24.3 Å². The summed E-state index contributed by atoms with van der Waals surface area (Å²) in [4.78, 5) is 24.5. The van der Waals surface area contributed by atoms with Gasteiger partial charge in [-0.15, -0.1) is 11.3 Å². The molecule has 1 fully saturated rings. The molecule has 0 bridgehead atoms. The number of carbonyl (C=O) groups is 1. The first-order valence-corrected chi connectivity index (χ1v) is 12.3. The van der Waals surface area contributed by atoms with Crippen molar-refractivity contribution in [3.63, 3.8) is 0 Å². The first-order valence-electron chi connectivity index (χ1n) is 11.4. The lowest BCUT2D eigenvalue weighted by atomic mass is 9.98. The SMILES string of the molecule is COc1cc2c(cc1OC)CN(C(=O)CN1CCN(Cc3nc4ccccc4s3)CC1)CC2. The van der Waals surface area contributed by atoms with Gasteiger partial charge >= 0.3 is 0 Å². The maximum atomic E-state index is 13.0. The fourth-order valence-corrected chi connectivity index (χ4v) is 5.68. The van der Waals surface area contributed by atoms with E-state index in [1.807, 2.05) is 23.1 Å². The summed E-state index contributed by atoms with van der Waals surface area (Å²) in [5.74, 6) is 1.67. The monoisotopic (exact) mass is 466 g/mol. The number of methoxy groups -OCH3 is 2. The predicted octanol–water partition coefficient (Wildman–Crippen LogP) is 3.02. The van der Waals surface area contributed by atoms with Crippen LogP contribution in [0, 0.1) is 0 Å². The number of piperazine rings is 1. The number of thiazole rings is 1. The van der Waals surface area contributed by atoms with Gasteiger partial charge in [0.15, 0.2) is 11.5 Å². The minimum atomic E-state index is 0.204. The Hall–Kier alpha value is -2.68. The van der Waals surface area contributed by atoms with E-state index in [0.717, 1.165) is 68.3 Å². The van der Waals surface area contributed by atoms with Crippen molar-refractivity contribution in [1.29, 1.82) is 0 Å². The molecule has 0 aliphatic carbocycles. The van der Waals surface area contributed by atoms with E-state index < -0.39 is 0 Å². The van der Waals surface area contributed by atoms with E-state index in [2.05, 4.69) is 28.0 Å². The molecule has 1 amide bonds. The number of aromatic nitrogens is 1. The molecule has 0 N–H and O–H groups in total. The van der Waals surface area contributed by atoms with E-state index in [-0.39, 0.29) is 5.91 Å². The predicted molar refractivity (Wildman–Crippen MR) is 130 cm³/mol. The highest BCUT2D eigenvalue weighted by atomic mass is 32.1. The Labute approximate surface area is 198 Å². The first kappa shape index (κ1) is 22.1. The molecule has 174 valence electrons. The fourth-order valence-electron chi connectivity index (χ4n) is 4.67. The summed E-state index contributed by atoms with van der Waals surface area (Å²) in [6, 6.07) is 12.4. The Kier molecular flexibility index (Phi) is 6.48. The van der Waals surface area contributed by atoms with E-state index in [4.69, 9.17) is 14.5 Å². The Morgan fingerprint density at radius 2 is 1.67 bits per heavy atom. The Balaban J connectivity index is 1.13. The van der Waals surface area contributed by atoms with E-state index in [1.165, 1.54) is 15.3 Å². The van der Waals surface area contributed by atoms with Crippen molar-refractivity contribution in [2.24, 2.45) is 0 Å². The second-order valence-electron chi connectivity index (χ2n) is 8.67. The average Bonchev–Trinajstić information content (AvgIpc) is 3.26. The lowest BCUT2D eigenvalue weighted by molar-refractivity contribution is -0.133. The van der Waals surface area contributed by atoms with Crippen LogP contribution in [0.5, 0.6) is 11.5 Å². The number of ether oxygens (including phenoxy) is 2. The molecule has 2 aliphatic heterocycles. The average molecular weight is 467 g/mol. The Morgan fingerprint density at radius 3 is 2.39 bits per heavy atom. The second kappa shape index (κ2) is 9.67. The van der Waals surface area contributed by atoms with Crippen molar-refractivity contribution in [2.45, 2.75) is 19.5 Å². The Morgan fingerprint density at radius 1 is 0.970 bits per heavy atom. The number of rotatable bonds is 6. The molecule has 1 aromatic heterocycles. The third-order valence-corrected chi connectivity index (χ3v) is 7.61. The smallest absolute Gasteiger partial charge is 0.237 e. The molecule has 5 rings (SSSR count). The molecular formula is C25H30N4O3S. The quantitative estimate of drug-likeness (QED) is 0.557. The molecule has 3 aromatic rings. The van der Waals surface area contributed by atoms with Crippen LogP contribution in [0.1, 0.15) is 16.1 Å². The molecule has 0 atom stereocenters. The summed E-state index contributed by atoms with van der Waals surface area (Å²) < 4.78 is 12.1. The molecule has 3 heterocycles. The molecule has 2 aliphatic rings. The highest BCUT2D eigenvalue weighted by Gasteiger charge is 2.26. The fraction of sp³-hybridized carbons (Fsp3) is 0.440. The highest BCUT2D eigenvalue weighted by molar-refractivity contribution is 7.18. The molecular weight excluding hydrogens is 436 g/mol. The standard InChI is InChI=1S/C25H30N4O3S/c1-31-21-13-18-7-8-29(15-19(18)14-22(21)32-2)25(30)17-28-11-9-27(10-12-28)16-24-26-20-5-3-4-6-23(20)33-24/h3-6,13-14H,7-12,15-17H2,1-2H3. The third kappa shape index (κ3) is 4.83. The third-order valence-electron chi connectivity index (χ3n) is 6.59. The second-order valence-corrected chi connectivity index (χ2v) is 9.78. The van der Waals surface area contributed by atoms with Crippen molar-refractivity contribution in [1.82, 2.24) is 19.7 Å². The van der Waals surface area contributed by atoms with Crippen LogP contribution in [0.3, 0.4) is 0 Å². The van der Waals surface area contributed by atoms with Crippen molar-refractivity contribution >= 4 is 27.5 Å². The minimum Gasteiger partial charge on any atom is -0.493 e. The molecule has 0 radical (unpaired) electrons. The summed E-state index contributed by atoms with van der Waals surface area (Å²) in [7, 11) is 3.30. The van der Waals surface area contributed by atoms with Gasteiger partial charge in [-0.2, -0.15) is 0 Å². The number of fused-ring (bicyclic) bond motifs is 2. The number of benzene rings is 2. The van der Waals surface area contributed by atoms with E-state index >= 15 is 0 Å². The van der Waals surface area contributed by atoms with Gasteiger partial charge in [0.05, 0.1) is 37.5 Å². The Bertz CT molecular complexity index is 1110. The number of carbonyl (C=O) groups excluding carboxylic acids is 1. The highest BCUT2D eigenvalue weighted by Crippen LogP contribution is 2.33. The number of hydrogen-bond acceptors (Lipinski definition) is 7.